The number of rotatable bonds is 5. The number of benzene rings is 2. The van der Waals surface area contributed by atoms with Gasteiger partial charge in [-0.3, -0.25) is 14.9 Å². The summed E-state index contributed by atoms with van der Waals surface area (Å²) in [6.45, 7) is 5.11. The highest BCUT2D eigenvalue weighted by molar-refractivity contribution is 6.31. The minimum absolute atomic E-state index is 0.0343. The van der Waals surface area contributed by atoms with Gasteiger partial charge >= 0.3 is 12.1 Å². The van der Waals surface area contributed by atoms with Crippen LogP contribution in [0.25, 0.3) is 0 Å². The van der Waals surface area contributed by atoms with Crippen LogP contribution in [0.1, 0.15) is 56.0 Å². The Morgan fingerprint density at radius 1 is 1.15 bits per heavy atom. The lowest BCUT2D eigenvalue weighted by molar-refractivity contribution is -0.384. The molecule has 1 N–H and O–H groups in total. The summed E-state index contributed by atoms with van der Waals surface area (Å²) in [7, 11) is 0. The van der Waals surface area contributed by atoms with Crippen LogP contribution in [0.4, 0.5) is 10.5 Å². The van der Waals surface area contributed by atoms with Gasteiger partial charge in [0.05, 0.1) is 16.5 Å². The van der Waals surface area contributed by atoms with Crippen molar-refractivity contribution < 1.29 is 28.8 Å². The maximum atomic E-state index is 13.7. The number of nitro groups is 1. The highest BCUT2D eigenvalue weighted by Crippen LogP contribution is 2.42. The monoisotopic (exact) mass is 488 g/mol. The molecule has 9 nitrogen and oxygen atoms in total. The smallest absolute Gasteiger partial charge is 0.408 e. The zero-order valence-corrected chi connectivity index (χ0v) is 19.8. The van der Waals surface area contributed by atoms with E-state index in [0.717, 1.165) is 0 Å². The number of carbonyl (C=O) groups is 3. The quantitative estimate of drug-likeness (QED) is 0.358. The third kappa shape index (κ3) is 5.53. The average molecular weight is 489 g/mol. The van der Waals surface area contributed by atoms with E-state index >= 15 is 0 Å². The number of Topliss-reactive ketones (excluding diaryl/α,β-unsaturated/α-hetero) is 1. The molecule has 1 aliphatic rings. The van der Waals surface area contributed by atoms with Gasteiger partial charge in [0.25, 0.3) is 5.69 Å². The summed E-state index contributed by atoms with van der Waals surface area (Å²) in [5.74, 6) is -1.38. The van der Waals surface area contributed by atoms with Crippen LogP contribution in [0.15, 0.2) is 48.5 Å². The fourth-order valence-electron chi connectivity index (χ4n) is 3.83. The first-order valence-corrected chi connectivity index (χ1v) is 11.1. The van der Waals surface area contributed by atoms with Gasteiger partial charge in [-0.25, -0.2) is 9.59 Å². The summed E-state index contributed by atoms with van der Waals surface area (Å²) in [6.07, 6.45) is 0.174. The molecule has 0 heterocycles. The minimum Gasteiger partial charge on any atom is -0.444 e. The number of hydrogen-bond acceptors (Lipinski definition) is 7. The average Bonchev–Trinajstić information content (AvgIpc) is 2.75. The highest BCUT2D eigenvalue weighted by atomic mass is 35.5. The summed E-state index contributed by atoms with van der Waals surface area (Å²) in [4.78, 5) is 49.4. The van der Waals surface area contributed by atoms with E-state index in [-0.39, 0.29) is 22.7 Å². The largest absolute Gasteiger partial charge is 0.444 e. The summed E-state index contributed by atoms with van der Waals surface area (Å²) < 4.78 is 11.1. The van der Waals surface area contributed by atoms with Crippen LogP contribution in [-0.2, 0) is 19.9 Å². The molecule has 0 spiro atoms. The summed E-state index contributed by atoms with van der Waals surface area (Å²) in [5, 5.41) is 13.7. The van der Waals surface area contributed by atoms with Crippen molar-refractivity contribution in [2.24, 2.45) is 0 Å². The van der Waals surface area contributed by atoms with Crippen LogP contribution >= 0.6 is 11.6 Å². The Balaban J connectivity index is 1.95. The normalized spacial score (nSPS) is 20.4. The Morgan fingerprint density at radius 3 is 2.38 bits per heavy atom. The number of amides is 1. The van der Waals surface area contributed by atoms with Crippen molar-refractivity contribution in [1.82, 2.24) is 5.32 Å². The molecular formula is C24H25ClN2O7. The Morgan fingerprint density at radius 2 is 1.79 bits per heavy atom. The Kier molecular flexibility index (Phi) is 7.26. The molecule has 0 unspecified atom stereocenters. The van der Waals surface area contributed by atoms with Gasteiger partial charge in [-0.1, -0.05) is 29.8 Å². The van der Waals surface area contributed by atoms with Gasteiger partial charge in [0, 0.05) is 22.7 Å². The van der Waals surface area contributed by atoms with E-state index in [9.17, 15) is 24.5 Å². The number of ketones is 1. The van der Waals surface area contributed by atoms with E-state index in [4.69, 9.17) is 21.1 Å². The fourth-order valence-corrected chi connectivity index (χ4v) is 4.12. The van der Waals surface area contributed by atoms with E-state index in [2.05, 4.69) is 5.32 Å². The predicted octanol–water partition coefficient (Wildman–Crippen LogP) is 4.95. The fraction of sp³-hybridized carbons (Fsp3) is 0.375. The maximum absolute atomic E-state index is 13.7. The Labute approximate surface area is 201 Å². The number of carbonyl (C=O) groups excluding carboxylic acids is 3. The summed E-state index contributed by atoms with van der Waals surface area (Å²) in [6, 6.07) is 10.4. The molecule has 1 saturated carbocycles. The van der Waals surface area contributed by atoms with Crippen LogP contribution in [0.5, 0.6) is 0 Å². The maximum Gasteiger partial charge on any atom is 0.408 e. The zero-order chi connectivity index (χ0) is 25.1. The molecule has 1 fully saturated rings. The number of halogens is 1. The van der Waals surface area contributed by atoms with E-state index in [0.29, 0.717) is 18.4 Å². The molecule has 1 aliphatic carbocycles. The highest BCUT2D eigenvalue weighted by Gasteiger charge is 2.51. The van der Waals surface area contributed by atoms with Crippen molar-refractivity contribution in [3.05, 3.63) is 74.8 Å². The molecule has 34 heavy (non-hydrogen) atoms. The molecule has 2 aromatic carbocycles. The first-order chi connectivity index (χ1) is 15.9. The van der Waals surface area contributed by atoms with Crippen molar-refractivity contribution >= 4 is 35.1 Å². The molecule has 10 heteroatoms. The second-order valence-corrected chi connectivity index (χ2v) is 9.36. The van der Waals surface area contributed by atoms with Crippen LogP contribution < -0.4 is 5.32 Å². The molecule has 0 radical (unpaired) electrons. The van der Waals surface area contributed by atoms with Crippen molar-refractivity contribution in [1.29, 1.82) is 0 Å². The first kappa shape index (κ1) is 25.2. The van der Waals surface area contributed by atoms with Crippen molar-refractivity contribution in [3.8, 4) is 0 Å². The van der Waals surface area contributed by atoms with Gasteiger partial charge in [-0.2, -0.15) is 0 Å². The molecular weight excluding hydrogens is 464 g/mol. The third-order valence-electron chi connectivity index (χ3n) is 5.32. The van der Waals surface area contributed by atoms with Gasteiger partial charge in [-0.15, -0.1) is 0 Å². The molecule has 0 saturated heterocycles. The summed E-state index contributed by atoms with van der Waals surface area (Å²) >= 11 is 6.41. The van der Waals surface area contributed by atoms with E-state index in [1.165, 1.54) is 24.3 Å². The molecule has 2 aromatic rings. The van der Waals surface area contributed by atoms with E-state index in [1.54, 1.807) is 45.0 Å². The topological polar surface area (TPSA) is 125 Å². The first-order valence-electron chi connectivity index (χ1n) is 10.7. The van der Waals surface area contributed by atoms with Gasteiger partial charge in [-0.05, 0) is 58.2 Å². The second-order valence-electron chi connectivity index (χ2n) is 8.96. The van der Waals surface area contributed by atoms with E-state index in [1.807, 2.05) is 0 Å². The lowest BCUT2D eigenvalue weighted by Crippen LogP contribution is -2.55. The molecule has 2 atom stereocenters. The van der Waals surface area contributed by atoms with E-state index < -0.39 is 40.0 Å². The van der Waals surface area contributed by atoms with Crippen LogP contribution in [0.3, 0.4) is 0 Å². The number of nitrogens with zero attached hydrogens (tertiary/aromatic N) is 1. The zero-order valence-electron chi connectivity index (χ0n) is 19.0. The van der Waals surface area contributed by atoms with Crippen molar-refractivity contribution in [3.63, 3.8) is 0 Å². The molecule has 180 valence electrons. The van der Waals surface area contributed by atoms with Crippen LogP contribution in [-0.4, -0.2) is 34.4 Å². The van der Waals surface area contributed by atoms with Crippen molar-refractivity contribution in [2.75, 3.05) is 0 Å². The number of non-ortho nitro benzene ring substituents is 1. The van der Waals surface area contributed by atoms with Gasteiger partial charge in [0.15, 0.2) is 5.60 Å². The predicted molar refractivity (Wildman–Crippen MR) is 124 cm³/mol. The van der Waals surface area contributed by atoms with Crippen molar-refractivity contribution in [2.45, 2.75) is 57.3 Å². The molecule has 1 amide bonds. The second kappa shape index (κ2) is 9.80. The SMILES string of the molecule is CC(C)(C)OC(=O)N[C@H]1CCC[C@@](OC(=O)c2ccc([N+](=O)[O-])cc2)(c2ccccc2Cl)C1=O. The van der Waals surface area contributed by atoms with Crippen LogP contribution in [0, 0.1) is 10.1 Å². The number of alkyl carbamates (subject to hydrolysis) is 1. The lowest BCUT2D eigenvalue weighted by atomic mass is 9.75. The minimum atomic E-state index is -1.75. The number of hydrogen-bond donors (Lipinski definition) is 1. The molecule has 0 aliphatic heterocycles. The Bertz CT molecular complexity index is 1110. The number of ether oxygens (including phenoxy) is 2. The van der Waals surface area contributed by atoms with Gasteiger partial charge in [0.1, 0.15) is 5.60 Å². The molecule has 3 rings (SSSR count). The van der Waals surface area contributed by atoms with Gasteiger partial charge in [0.2, 0.25) is 5.78 Å². The molecule has 0 aromatic heterocycles. The van der Waals surface area contributed by atoms with Crippen LogP contribution in [0.2, 0.25) is 5.02 Å². The van der Waals surface area contributed by atoms with Gasteiger partial charge < -0.3 is 14.8 Å². The Hall–Kier alpha value is -3.46. The molecule has 0 bridgehead atoms. The third-order valence-corrected chi connectivity index (χ3v) is 5.65. The number of nitrogens with one attached hydrogen (secondary N) is 1. The number of nitro benzene ring substituents is 1. The summed E-state index contributed by atoms with van der Waals surface area (Å²) in [5.41, 5.74) is -2.37. The number of esters is 1. The standard InChI is InChI=1S/C24H25ClN2O7/c1-23(2,3)34-22(30)26-19-9-6-14-24(20(19)28,17-7-4-5-8-18(17)25)33-21(29)15-10-12-16(13-11-15)27(31)32/h4-5,7-8,10-13,19H,6,9,14H2,1-3H3,(H,26,30)/t19-,24+/m0/s1. The lowest BCUT2D eigenvalue weighted by Gasteiger charge is -2.39.